The number of aryl methyl sites for hydroxylation is 1. The number of nitrogens with zero attached hydrogens (tertiary/aromatic N) is 4. The van der Waals surface area contributed by atoms with Crippen molar-refractivity contribution < 1.29 is 14.3 Å². The molecule has 0 saturated carbocycles. The van der Waals surface area contributed by atoms with Crippen LogP contribution in [0, 0.1) is 0 Å². The van der Waals surface area contributed by atoms with E-state index in [2.05, 4.69) is 20.4 Å². The first-order valence-corrected chi connectivity index (χ1v) is 8.98. The van der Waals surface area contributed by atoms with E-state index in [1.165, 1.54) is 7.11 Å². The van der Waals surface area contributed by atoms with Crippen molar-refractivity contribution in [2.24, 2.45) is 7.05 Å². The van der Waals surface area contributed by atoms with Crippen LogP contribution in [0.1, 0.15) is 29.3 Å². The second-order valence-corrected chi connectivity index (χ2v) is 6.37. The first-order chi connectivity index (χ1) is 13.5. The van der Waals surface area contributed by atoms with Gasteiger partial charge in [-0.25, -0.2) is 9.97 Å². The van der Waals surface area contributed by atoms with Crippen LogP contribution >= 0.6 is 11.6 Å². The topological polar surface area (TPSA) is 91.2 Å². The summed E-state index contributed by atoms with van der Waals surface area (Å²) in [4.78, 5) is 20.5. The Morgan fingerprint density at radius 2 is 2.00 bits per heavy atom. The smallest absolute Gasteiger partial charge is 0.227 e. The number of nitrogens with one attached hydrogen (secondary N) is 1. The zero-order valence-corrected chi connectivity index (χ0v) is 16.5. The molecule has 1 aromatic carbocycles. The number of ether oxygens (including phenoxy) is 2. The average Bonchev–Trinajstić information content (AvgIpc) is 3.12. The van der Waals surface area contributed by atoms with E-state index in [9.17, 15) is 4.79 Å². The lowest BCUT2D eigenvalue weighted by Gasteiger charge is -2.12. The molecule has 1 N–H and O–H groups in total. The Morgan fingerprint density at radius 1 is 1.25 bits per heavy atom. The van der Waals surface area contributed by atoms with Crippen molar-refractivity contribution in [1.82, 2.24) is 19.7 Å². The number of carbonyl (C=O) groups is 1. The van der Waals surface area contributed by atoms with Crippen molar-refractivity contribution in [3.05, 3.63) is 53.1 Å². The number of ketones is 1. The number of Topliss-reactive ketones (excluding diaryl/α,β-unsaturated/α-hetero) is 1. The summed E-state index contributed by atoms with van der Waals surface area (Å²) in [7, 11) is 3.33. The highest BCUT2D eigenvalue weighted by molar-refractivity contribution is 6.33. The fourth-order valence-corrected chi connectivity index (χ4v) is 2.75. The lowest BCUT2D eigenvalue weighted by molar-refractivity contribution is 0.0987. The van der Waals surface area contributed by atoms with Crippen LogP contribution in [0.3, 0.4) is 0 Å². The molecule has 8 nitrogen and oxygen atoms in total. The highest BCUT2D eigenvalue weighted by Crippen LogP contribution is 2.31. The molecular weight excluding hydrogens is 382 g/mol. The van der Waals surface area contributed by atoms with E-state index in [1.807, 2.05) is 13.2 Å². The van der Waals surface area contributed by atoms with Crippen LogP contribution in [0.5, 0.6) is 11.5 Å². The molecule has 146 valence electrons. The molecule has 0 radical (unpaired) electrons. The molecule has 0 saturated heterocycles. The largest absolute Gasteiger partial charge is 0.495 e. The first kappa shape index (κ1) is 19.6. The van der Waals surface area contributed by atoms with Crippen LogP contribution in [-0.4, -0.2) is 32.6 Å². The molecule has 0 amide bonds. The molecule has 2 heterocycles. The third-order valence-corrected chi connectivity index (χ3v) is 4.39. The molecule has 3 aromatic rings. The summed E-state index contributed by atoms with van der Waals surface area (Å²) in [6.45, 7) is 1.96. The highest BCUT2D eigenvalue weighted by Gasteiger charge is 2.14. The molecule has 3 rings (SSSR count). The van der Waals surface area contributed by atoms with Gasteiger partial charge in [0, 0.05) is 30.8 Å². The van der Waals surface area contributed by atoms with E-state index < -0.39 is 0 Å². The van der Waals surface area contributed by atoms with Crippen LogP contribution < -0.4 is 14.8 Å². The second-order valence-electron chi connectivity index (χ2n) is 5.99. The fraction of sp³-hybridized carbons (Fsp3) is 0.263. The minimum atomic E-state index is 0.00498. The van der Waals surface area contributed by atoms with Crippen molar-refractivity contribution in [1.29, 1.82) is 0 Å². The number of aromatic nitrogens is 4. The molecule has 9 heteroatoms. The summed E-state index contributed by atoms with van der Waals surface area (Å²) >= 11 is 6.35. The predicted octanol–water partition coefficient (Wildman–Crippen LogP) is 3.79. The minimum absolute atomic E-state index is 0.00498. The Kier molecular flexibility index (Phi) is 6.10. The van der Waals surface area contributed by atoms with Gasteiger partial charge in [0.15, 0.2) is 11.5 Å². The molecule has 0 spiro atoms. The van der Waals surface area contributed by atoms with Crippen LogP contribution in [0.15, 0.2) is 36.9 Å². The predicted molar refractivity (Wildman–Crippen MR) is 105 cm³/mol. The number of hydrogen-bond acceptors (Lipinski definition) is 7. The molecule has 2 aromatic heterocycles. The zero-order valence-electron chi connectivity index (χ0n) is 15.8. The van der Waals surface area contributed by atoms with Gasteiger partial charge in [-0.05, 0) is 12.1 Å². The van der Waals surface area contributed by atoms with Gasteiger partial charge in [0.05, 0.1) is 36.4 Å². The summed E-state index contributed by atoms with van der Waals surface area (Å²) in [6.07, 6.45) is 6.99. The van der Waals surface area contributed by atoms with E-state index in [0.29, 0.717) is 40.0 Å². The standard InChI is InChI=1S/C19H20ClN5O3/c1-4-16(26)12-5-13(18(20)17(6-12)27-3)11-28-15-8-21-19(22-9-15)24-14-7-23-25(2)10-14/h5-10H,4,11H2,1-3H3,(H,21,22,24). The molecule has 0 aliphatic heterocycles. The van der Waals surface area contributed by atoms with Crippen molar-refractivity contribution in [2.75, 3.05) is 12.4 Å². The fourth-order valence-electron chi connectivity index (χ4n) is 2.51. The Morgan fingerprint density at radius 3 is 2.61 bits per heavy atom. The van der Waals surface area contributed by atoms with Gasteiger partial charge in [-0.3, -0.25) is 9.48 Å². The van der Waals surface area contributed by atoms with E-state index in [0.717, 1.165) is 5.69 Å². The van der Waals surface area contributed by atoms with E-state index in [4.69, 9.17) is 21.1 Å². The maximum Gasteiger partial charge on any atom is 0.227 e. The zero-order chi connectivity index (χ0) is 20.1. The Balaban J connectivity index is 1.70. The average molecular weight is 402 g/mol. The summed E-state index contributed by atoms with van der Waals surface area (Å²) in [5.41, 5.74) is 1.97. The summed E-state index contributed by atoms with van der Waals surface area (Å²) in [5.74, 6) is 1.34. The van der Waals surface area contributed by atoms with Gasteiger partial charge < -0.3 is 14.8 Å². The molecular formula is C19H20ClN5O3. The van der Waals surface area contributed by atoms with Gasteiger partial charge in [0.1, 0.15) is 12.4 Å². The van der Waals surface area contributed by atoms with E-state index in [-0.39, 0.29) is 12.4 Å². The number of benzene rings is 1. The van der Waals surface area contributed by atoms with Gasteiger partial charge >= 0.3 is 0 Å². The SMILES string of the molecule is CCC(=O)c1cc(COc2cnc(Nc3cnn(C)c3)nc2)c(Cl)c(OC)c1. The van der Waals surface area contributed by atoms with Crippen molar-refractivity contribution in [3.8, 4) is 11.5 Å². The lowest BCUT2D eigenvalue weighted by atomic mass is 10.1. The lowest BCUT2D eigenvalue weighted by Crippen LogP contribution is -2.04. The van der Waals surface area contributed by atoms with Gasteiger partial charge in [-0.15, -0.1) is 0 Å². The van der Waals surface area contributed by atoms with E-state index >= 15 is 0 Å². The monoisotopic (exact) mass is 401 g/mol. The third-order valence-electron chi connectivity index (χ3n) is 3.96. The van der Waals surface area contributed by atoms with Crippen molar-refractivity contribution in [3.63, 3.8) is 0 Å². The van der Waals surface area contributed by atoms with Crippen LogP contribution in [0.25, 0.3) is 0 Å². The molecule has 0 bridgehead atoms. The second kappa shape index (κ2) is 8.71. The van der Waals surface area contributed by atoms with Crippen LogP contribution in [-0.2, 0) is 13.7 Å². The number of rotatable bonds is 8. The van der Waals surface area contributed by atoms with Gasteiger partial charge in [-0.1, -0.05) is 18.5 Å². The van der Waals surface area contributed by atoms with Crippen molar-refractivity contribution >= 4 is 29.0 Å². The van der Waals surface area contributed by atoms with Crippen LogP contribution in [0.4, 0.5) is 11.6 Å². The Bertz CT molecular complexity index is 972. The molecule has 28 heavy (non-hydrogen) atoms. The Hall–Kier alpha value is -3.13. The third kappa shape index (κ3) is 4.58. The van der Waals surface area contributed by atoms with Gasteiger partial charge in [0.2, 0.25) is 5.95 Å². The van der Waals surface area contributed by atoms with Gasteiger partial charge in [0.25, 0.3) is 0 Å². The molecule has 0 unspecified atom stereocenters. The Labute approximate surface area is 167 Å². The summed E-state index contributed by atoms with van der Waals surface area (Å²) in [5, 5.41) is 7.52. The summed E-state index contributed by atoms with van der Waals surface area (Å²) < 4.78 is 12.7. The van der Waals surface area contributed by atoms with Gasteiger partial charge in [-0.2, -0.15) is 5.10 Å². The molecule has 0 aliphatic carbocycles. The number of hydrogen-bond donors (Lipinski definition) is 1. The normalized spacial score (nSPS) is 10.6. The number of methoxy groups -OCH3 is 1. The maximum absolute atomic E-state index is 12.0. The summed E-state index contributed by atoms with van der Waals surface area (Å²) in [6, 6.07) is 3.36. The molecule has 0 fully saturated rings. The number of carbonyl (C=O) groups excluding carboxylic acids is 1. The minimum Gasteiger partial charge on any atom is -0.495 e. The maximum atomic E-state index is 12.0. The quantitative estimate of drug-likeness (QED) is 0.574. The van der Waals surface area contributed by atoms with Crippen molar-refractivity contribution in [2.45, 2.75) is 20.0 Å². The highest BCUT2D eigenvalue weighted by atomic mass is 35.5. The van der Waals surface area contributed by atoms with Crippen LogP contribution in [0.2, 0.25) is 5.02 Å². The molecule has 0 atom stereocenters. The molecule has 0 aliphatic rings. The first-order valence-electron chi connectivity index (χ1n) is 8.60. The number of halogens is 1. The number of anilines is 2. The van der Waals surface area contributed by atoms with E-state index in [1.54, 1.807) is 42.3 Å².